The maximum absolute atomic E-state index is 9.93. The molecular weight excluding hydrogens is 246 g/mol. The number of rotatable bonds is 2. The van der Waals surface area contributed by atoms with Gasteiger partial charge in [-0.05, 0) is 22.0 Å². The highest BCUT2D eigenvalue weighted by Crippen LogP contribution is 2.25. The standard InChI is InChI=1S/C9H8BrN3O/c10-9-7(2-1-3-11-9)8(14)6-4-12-13-5-6/h1-5,8,14H,(H,12,13). The van der Waals surface area contributed by atoms with Gasteiger partial charge in [0, 0.05) is 23.5 Å². The van der Waals surface area contributed by atoms with Crippen molar-refractivity contribution >= 4 is 15.9 Å². The van der Waals surface area contributed by atoms with Crippen molar-refractivity contribution in [3.63, 3.8) is 0 Å². The minimum Gasteiger partial charge on any atom is -0.383 e. The lowest BCUT2D eigenvalue weighted by Gasteiger charge is -2.09. The molecule has 2 rings (SSSR count). The van der Waals surface area contributed by atoms with Gasteiger partial charge in [0.1, 0.15) is 10.7 Å². The van der Waals surface area contributed by atoms with Crippen LogP contribution in [0.25, 0.3) is 0 Å². The van der Waals surface area contributed by atoms with E-state index in [9.17, 15) is 5.11 Å². The van der Waals surface area contributed by atoms with Crippen LogP contribution >= 0.6 is 15.9 Å². The predicted octanol–water partition coefficient (Wildman–Crippen LogP) is 1.65. The van der Waals surface area contributed by atoms with Crippen LogP contribution in [0.2, 0.25) is 0 Å². The molecule has 5 heteroatoms. The second-order valence-electron chi connectivity index (χ2n) is 2.82. The molecule has 2 aromatic rings. The van der Waals surface area contributed by atoms with Crippen LogP contribution in [0.15, 0.2) is 35.3 Å². The number of aromatic amines is 1. The number of H-pyrrole nitrogens is 1. The molecule has 0 aliphatic carbocycles. The summed E-state index contributed by atoms with van der Waals surface area (Å²) >= 11 is 3.28. The number of aromatic nitrogens is 3. The van der Waals surface area contributed by atoms with Gasteiger partial charge < -0.3 is 5.11 Å². The van der Waals surface area contributed by atoms with E-state index in [1.165, 1.54) is 0 Å². The Bertz CT molecular complexity index is 416. The van der Waals surface area contributed by atoms with E-state index in [4.69, 9.17) is 0 Å². The summed E-state index contributed by atoms with van der Waals surface area (Å²) in [6, 6.07) is 3.60. The minimum atomic E-state index is -0.697. The Morgan fingerprint density at radius 3 is 3.00 bits per heavy atom. The lowest BCUT2D eigenvalue weighted by Crippen LogP contribution is -2.00. The molecule has 0 radical (unpaired) electrons. The van der Waals surface area contributed by atoms with Crippen molar-refractivity contribution in [1.82, 2.24) is 15.2 Å². The first kappa shape index (κ1) is 9.36. The predicted molar refractivity (Wildman–Crippen MR) is 54.6 cm³/mol. The third-order valence-electron chi connectivity index (χ3n) is 1.92. The van der Waals surface area contributed by atoms with E-state index in [1.54, 1.807) is 24.7 Å². The van der Waals surface area contributed by atoms with Crippen LogP contribution in [0.1, 0.15) is 17.2 Å². The largest absolute Gasteiger partial charge is 0.383 e. The molecule has 2 aromatic heterocycles. The molecule has 0 amide bonds. The maximum Gasteiger partial charge on any atom is 0.112 e. The first-order valence-corrected chi connectivity index (χ1v) is 4.85. The SMILES string of the molecule is OC(c1cn[nH]c1)c1cccnc1Br. The molecule has 4 nitrogen and oxygen atoms in total. The van der Waals surface area contributed by atoms with E-state index in [1.807, 2.05) is 6.07 Å². The number of nitrogens with zero attached hydrogens (tertiary/aromatic N) is 2. The Hall–Kier alpha value is -1.20. The van der Waals surface area contributed by atoms with Gasteiger partial charge in [0.2, 0.25) is 0 Å². The van der Waals surface area contributed by atoms with Gasteiger partial charge in [-0.3, -0.25) is 5.10 Å². The van der Waals surface area contributed by atoms with E-state index in [0.717, 1.165) is 11.1 Å². The van der Waals surface area contributed by atoms with E-state index >= 15 is 0 Å². The summed E-state index contributed by atoms with van der Waals surface area (Å²) < 4.78 is 0.647. The Kier molecular flexibility index (Phi) is 2.60. The molecule has 0 aliphatic rings. The summed E-state index contributed by atoms with van der Waals surface area (Å²) in [5.41, 5.74) is 1.45. The third kappa shape index (κ3) is 1.69. The summed E-state index contributed by atoms with van der Waals surface area (Å²) in [4.78, 5) is 4.04. The smallest absolute Gasteiger partial charge is 0.112 e. The highest BCUT2D eigenvalue weighted by Gasteiger charge is 2.14. The molecule has 1 unspecified atom stereocenters. The highest BCUT2D eigenvalue weighted by molar-refractivity contribution is 9.10. The van der Waals surface area contributed by atoms with E-state index in [0.29, 0.717) is 4.60 Å². The summed E-state index contributed by atoms with van der Waals surface area (Å²) in [6.07, 6.45) is 4.21. The van der Waals surface area contributed by atoms with Gasteiger partial charge in [0.25, 0.3) is 0 Å². The number of aliphatic hydroxyl groups is 1. The number of hydrogen-bond acceptors (Lipinski definition) is 3. The molecule has 0 fully saturated rings. The van der Waals surface area contributed by atoms with Crippen LogP contribution in [0.5, 0.6) is 0 Å². The van der Waals surface area contributed by atoms with Crippen LogP contribution in [-0.2, 0) is 0 Å². The van der Waals surface area contributed by atoms with Crippen molar-refractivity contribution in [3.05, 3.63) is 46.5 Å². The Labute approximate surface area is 89.1 Å². The fourth-order valence-corrected chi connectivity index (χ4v) is 1.66. The first-order chi connectivity index (χ1) is 6.79. The number of pyridine rings is 1. The van der Waals surface area contributed by atoms with Crippen LogP contribution in [-0.4, -0.2) is 20.3 Å². The van der Waals surface area contributed by atoms with Gasteiger partial charge in [-0.15, -0.1) is 0 Å². The molecule has 2 N–H and O–H groups in total. The van der Waals surface area contributed by atoms with Crippen molar-refractivity contribution in [2.24, 2.45) is 0 Å². The van der Waals surface area contributed by atoms with Crippen molar-refractivity contribution in [1.29, 1.82) is 0 Å². The fourth-order valence-electron chi connectivity index (χ4n) is 1.19. The Balaban J connectivity index is 2.37. The molecule has 2 heterocycles. The van der Waals surface area contributed by atoms with Crippen LogP contribution < -0.4 is 0 Å². The molecule has 1 atom stereocenters. The second kappa shape index (κ2) is 3.89. The van der Waals surface area contributed by atoms with Gasteiger partial charge in [0.15, 0.2) is 0 Å². The number of aliphatic hydroxyl groups excluding tert-OH is 1. The van der Waals surface area contributed by atoms with E-state index in [-0.39, 0.29) is 0 Å². The summed E-state index contributed by atoms with van der Waals surface area (Å²) in [6.45, 7) is 0. The van der Waals surface area contributed by atoms with Gasteiger partial charge in [-0.25, -0.2) is 4.98 Å². The molecule has 14 heavy (non-hydrogen) atoms. The summed E-state index contributed by atoms with van der Waals surface area (Å²) in [5.74, 6) is 0. The van der Waals surface area contributed by atoms with Gasteiger partial charge in [0.05, 0.1) is 6.20 Å². The van der Waals surface area contributed by atoms with Crippen molar-refractivity contribution in [2.45, 2.75) is 6.10 Å². The monoisotopic (exact) mass is 253 g/mol. The minimum absolute atomic E-state index is 0.647. The average molecular weight is 254 g/mol. The molecule has 0 aromatic carbocycles. The van der Waals surface area contributed by atoms with Gasteiger partial charge in [-0.2, -0.15) is 5.10 Å². The highest BCUT2D eigenvalue weighted by atomic mass is 79.9. The average Bonchev–Trinajstić information content (AvgIpc) is 2.70. The van der Waals surface area contributed by atoms with Crippen molar-refractivity contribution < 1.29 is 5.11 Å². The number of nitrogens with one attached hydrogen (secondary N) is 1. The molecule has 0 bridgehead atoms. The molecule has 0 aliphatic heterocycles. The first-order valence-electron chi connectivity index (χ1n) is 4.06. The zero-order valence-corrected chi connectivity index (χ0v) is 8.77. The lowest BCUT2D eigenvalue weighted by atomic mass is 10.1. The summed E-state index contributed by atoms with van der Waals surface area (Å²) in [7, 11) is 0. The molecule has 0 saturated heterocycles. The van der Waals surface area contributed by atoms with Crippen LogP contribution in [0, 0.1) is 0 Å². The lowest BCUT2D eigenvalue weighted by molar-refractivity contribution is 0.219. The van der Waals surface area contributed by atoms with E-state index < -0.39 is 6.10 Å². The quantitative estimate of drug-likeness (QED) is 0.801. The Morgan fingerprint density at radius 1 is 1.50 bits per heavy atom. The number of hydrogen-bond donors (Lipinski definition) is 2. The van der Waals surface area contributed by atoms with Crippen molar-refractivity contribution in [3.8, 4) is 0 Å². The topological polar surface area (TPSA) is 61.8 Å². The molecule has 0 saturated carbocycles. The van der Waals surface area contributed by atoms with Gasteiger partial charge in [-0.1, -0.05) is 6.07 Å². The van der Waals surface area contributed by atoms with Crippen molar-refractivity contribution in [2.75, 3.05) is 0 Å². The maximum atomic E-state index is 9.93. The normalized spacial score (nSPS) is 12.7. The van der Waals surface area contributed by atoms with E-state index in [2.05, 4.69) is 31.1 Å². The fraction of sp³-hybridized carbons (Fsp3) is 0.111. The third-order valence-corrected chi connectivity index (χ3v) is 2.58. The number of halogens is 1. The molecular formula is C9H8BrN3O. The zero-order valence-electron chi connectivity index (χ0n) is 7.18. The summed E-state index contributed by atoms with van der Waals surface area (Å²) in [5, 5.41) is 16.4. The van der Waals surface area contributed by atoms with Gasteiger partial charge >= 0.3 is 0 Å². The zero-order chi connectivity index (χ0) is 9.97. The molecule has 72 valence electrons. The van der Waals surface area contributed by atoms with Crippen LogP contribution in [0.4, 0.5) is 0 Å². The van der Waals surface area contributed by atoms with Crippen LogP contribution in [0.3, 0.4) is 0 Å². The second-order valence-corrected chi connectivity index (χ2v) is 3.57. The Morgan fingerprint density at radius 2 is 2.36 bits per heavy atom. The molecule has 0 spiro atoms.